The Labute approximate surface area is 225 Å². The molecule has 5 heteroatoms. The lowest BCUT2D eigenvalue weighted by Gasteiger charge is -2.36. The molecule has 2 aromatic carbocycles. The van der Waals surface area contributed by atoms with Gasteiger partial charge in [-0.3, -0.25) is 4.99 Å². The number of fused-ring (bicyclic) bond motifs is 2. The molecule has 0 amide bonds. The molecule has 38 heavy (non-hydrogen) atoms. The molecule has 194 valence electrons. The van der Waals surface area contributed by atoms with Gasteiger partial charge in [0.25, 0.3) is 0 Å². The SMILES string of the molecule is C=C(CC1CNc2ccccc21)N1CCC(C2=N/C(c3cc4ccccc4[nH]3)=C(C)/C(N)=C\C=C\C2)CC1. The van der Waals surface area contributed by atoms with E-state index in [9.17, 15) is 0 Å². The summed E-state index contributed by atoms with van der Waals surface area (Å²) in [5.41, 5.74) is 16.5. The monoisotopic (exact) mass is 503 g/mol. The average molecular weight is 504 g/mol. The third kappa shape index (κ3) is 4.81. The molecular weight excluding hydrogens is 466 g/mol. The van der Waals surface area contributed by atoms with Crippen molar-refractivity contribution < 1.29 is 0 Å². The zero-order chi connectivity index (χ0) is 26.1. The number of likely N-dealkylation sites (tertiary alicyclic amines) is 1. The normalized spacial score (nSPS) is 24.4. The number of hydrogen-bond donors (Lipinski definition) is 3. The first kappa shape index (κ1) is 24.4. The van der Waals surface area contributed by atoms with Crippen molar-refractivity contribution in [2.24, 2.45) is 16.6 Å². The van der Waals surface area contributed by atoms with Crippen LogP contribution in [0.25, 0.3) is 16.6 Å². The quantitative estimate of drug-likeness (QED) is 0.352. The summed E-state index contributed by atoms with van der Waals surface area (Å²) < 4.78 is 0. The predicted octanol–water partition coefficient (Wildman–Crippen LogP) is 6.97. The van der Waals surface area contributed by atoms with E-state index in [1.807, 2.05) is 6.08 Å². The number of aromatic nitrogens is 1. The van der Waals surface area contributed by atoms with Crippen molar-refractivity contribution in [3.63, 3.8) is 0 Å². The van der Waals surface area contributed by atoms with Gasteiger partial charge in [-0.25, -0.2) is 0 Å². The van der Waals surface area contributed by atoms with Crippen molar-refractivity contribution in [2.45, 2.75) is 38.5 Å². The van der Waals surface area contributed by atoms with Crippen LogP contribution >= 0.6 is 0 Å². The fourth-order valence-corrected chi connectivity index (χ4v) is 6.10. The van der Waals surface area contributed by atoms with Crippen LogP contribution in [0.4, 0.5) is 5.69 Å². The van der Waals surface area contributed by atoms with Gasteiger partial charge in [0.1, 0.15) is 0 Å². The van der Waals surface area contributed by atoms with E-state index < -0.39 is 0 Å². The third-order valence-electron chi connectivity index (χ3n) is 8.40. The minimum absolute atomic E-state index is 0.448. The van der Waals surface area contributed by atoms with Gasteiger partial charge < -0.3 is 20.9 Å². The smallest absolute Gasteiger partial charge is 0.0913 e. The molecule has 1 aromatic heterocycles. The summed E-state index contributed by atoms with van der Waals surface area (Å²) in [6.07, 6.45) is 10.3. The molecular formula is C33H37N5. The predicted molar refractivity (Wildman–Crippen MR) is 160 cm³/mol. The summed E-state index contributed by atoms with van der Waals surface area (Å²) in [5.74, 6) is 0.953. The minimum atomic E-state index is 0.448. The number of piperidine rings is 1. The summed E-state index contributed by atoms with van der Waals surface area (Å²) in [7, 11) is 0. The Bertz CT molecular complexity index is 1440. The summed E-state index contributed by atoms with van der Waals surface area (Å²) >= 11 is 0. The molecule has 0 aliphatic carbocycles. The van der Waals surface area contributed by atoms with E-state index in [1.165, 1.54) is 28.0 Å². The molecule has 1 saturated heterocycles. The van der Waals surface area contributed by atoms with E-state index in [-0.39, 0.29) is 0 Å². The van der Waals surface area contributed by atoms with Gasteiger partial charge in [-0.1, -0.05) is 55.1 Å². The molecule has 5 nitrogen and oxygen atoms in total. The van der Waals surface area contributed by atoms with Crippen molar-refractivity contribution in [1.29, 1.82) is 0 Å². The second-order valence-electron chi connectivity index (χ2n) is 10.8. The first-order valence-electron chi connectivity index (χ1n) is 13.8. The first-order valence-corrected chi connectivity index (χ1v) is 13.8. The van der Waals surface area contributed by atoms with Crippen LogP contribution in [0.2, 0.25) is 0 Å². The molecule has 4 heterocycles. The maximum atomic E-state index is 6.46. The molecule has 0 spiro atoms. The summed E-state index contributed by atoms with van der Waals surface area (Å²) in [6.45, 7) is 9.64. The molecule has 0 saturated carbocycles. The molecule has 4 N–H and O–H groups in total. The minimum Gasteiger partial charge on any atom is -0.398 e. The molecule has 1 fully saturated rings. The van der Waals surface area contributed by atoms with Crippen molar-refractivity contribution >= 4 is 28.0 Å². The molecule has 3 aromatic rings. The highest BCUT2D eigenvalue weighted by Crippen LogP contribution is 2.37. The zero-order valence-electron chi connectivity index (χ0n) is 22.2. The number of H-pyrrole nitrogens is 1. The Morgan fingerprint density at radius 1 is 1.11 bits per heavy atom. The Hall–Kier alpha value is -3.99. The molecule has 0 radical (unpaired) electrons. The molecule has 1 unspecified atom stereocenters. The number of nitrogens with two attached hydrogens (primary N) is 1. The lowest BCUT2D eigenvalue weighted by Crippen LogP contribution is -2.36. The number of nitrogens with zero attached hydrogens (tertiary/aromatic N) is 2. The van der Waals surface area contributed by atoms with Crippen LogP contribution in [-0.2, 0) is 0 Å². The van der Waals surface area contributed by atoms with Crippen molar-refractivity contribution in [3.8, 4) is 0 Å². The topological polar surface area (TPSA) is 69.4 Å². The van der Waals surface area contributed by atoms with E-state index in [2.05, 4.69) is 95.5 Å². The molecule has 3 aliphatic rings. The number of hydrogen-bond acceptors (Lipinski definition) is 4. The Balaban J connectivity index is 1.19. The maximum Gasteiger partial charge on any atom is 0.0913 e. The van der Waals surface area contributed by atoms with Gasteiger partial charge in [-0.2, -0.15) is 0 Å². The van der Waals surface area contributed by atoms with Crippen molar-refractivity contribution in [1.82, 2.24) is 9.88 Å². The number of benzene rings is 2. The van der Waals surface area contributed by atoms with Gasteiger partial charge in [-0.15, -0.1) is 0 Å². The van der Waals surface area contributed by atoms with E-state index in [0.717, 1.165) is 73.5 Å². The fraction of sp³-hybridized carbons (Fsp3) is 0.303. The lowest BCUT2D eigenvalue weighted by atomic mass is 9.88. The van der Waals surface area contributed by atoms with Gasteiger partial charge in [0.2, 0.25) is 0 Å². The van der Waals surface area contributed by atoms with E-state index in [0.29, 0.717) is 11.8 Å². The number of rotatable bonds is 5. The van der Waals surface area contributed by atoms with E-state index in [4.69, 9.17) is 10.7 Å². The van der Waals surface area contributed by atoms with Crippen LogP contribution in [0, 0.1) is 5.92 Å². The largest absolute Gasteiger partial charge is 0.398 e. The zero-order valence-corrected chi connectivity index (χ0v) is 22.2. The number of aromatic amines is 1. The fourth-order valence-electron chi connectivity index (χ4n) is 6.10. The Morgan fingerprint density at radius 3 is 2.74 bits per heavy atom. The van der Waals surface area contributed by atoms with Crippen LogP contribution < -0.4 is 11.1 Å². The molecule has 0 bridgehead atoms. The van der Waals surface area contributed by atoms with Crippen LogP contribution in [-0.4, -0.2) is 35.2 Å². The molecule has 6 rings (SSSR count). The van der Waals surface area contributed by atoms with Crippen molar-refractivity contribution in [2.75, 3.05) is 25.0 Å². The van der Waals surface area contributed by atoms with E-state index in [1.54, 1.807) is 0 Å². The number of nitrogens with one attached hydrogen (secondary N) is 2. The van der Waals surface area contributed by atoms with Gasteiger partial charge in [0, 0.05) is 71.6 Å². The van der Waals surface area contributed by atoms with Crippen LogP contribution in [0.1, 0.15) is 49.8 Å². The summed E-state index contributed by atoms with van der Waals surface area (Å²) in [5, 5.41) is 4.74. The summed E-state index contributed by atoms with van der Waals surface area (Å²) in [4.78, 5) is 11.4. The number of aliphatic imine (C=N–C) groups is 1. The average Bonchev–Trinajstić information content (AvgIpc) is 3.57. The Kier molecular flexibility index (Phi) is 6.67. The maximum absolute atomic E-state index is 6.46. The van der Waals surface area contributed by atoms with Crippen LogP contribution in [0.15, 0.2) is 101 Å². The molecule has 3 aliphatic heterocycles. The first-order chi connectivity index (χ1) is 18.6. The highest BCUT2D eigenvalue weighted by atomic mass is 15.1. The number of anilines is 1. The van der Waals surface area contributed by atoms with Gasteiger partial charge in [0.15, 0.2) is 0 Å². The third-order valence-corrected chi connectivity index (χ3v) is 8.40. The van der Waals surface area contributed by atoms with Gasteiger partial charge in [-0.05, 0) is 61.6 Å². The summed E-state index contributed by atoms with van der Waals surface area (Å²) in [6, 6.07) is 19.2. The van der Waals surface area contributed by atoms with Gasteiger partial charge in [0.05, 0.1) is 11.4 Å². The second-order valence-corrected chi connectivity index (χ2v) is 10.8. The number of para-hydroxylation sites is 2. The van der Waals surface area contributed by atoms with Crippen molar-refractivity contribution in [3.05, 3.63) is 108 Å². The highest BCUT2D eigenvalue weighted by Gasteiger charge is 2.28. The number of allylic oxidation sites excluding steroid dienone is 5. The second kappa shape index (κ2) is 10.4. The lowest BCUT2D eigenvalue weighted by molar-refractivity contribution is 0.250. The van der Waals surface area contributed by atoms with Crippen LogP contribution in [0.3, 0.4) is 0 Å². The highest BCUT2D eigenvalue weighted by molar-refractivity contribution is 5.95. The molecule has 1 atom stereocenters. The Morgan fingerprint density at radius 2 is 1.89 bits per heavy atom. The van der Waals surface area contributed by atoms with Gasteiger partial charge >= 0.3 is 0 Å². The van der Waals surface area contributed by atoms with E-state index >= 15 is 0 Å². The standard InChI is InChI=1S/C33H37N5/c1-22(19-26-21-35-31-14-7-4-10-27(26)31)38-17-15-24(16-18-38)29-12-8-5-11-28(34)23(2)33(37-29)32-20-25-9-3-6-13-30(25)36-32/h3-11,13-14,20,24,26,35-36H,1,12,15-19,21,34H2,2H3/b8-5+,28-11+,33-23+,37-29?. The van der Waals surface area contributed by atoms with Crippen LogP contribution in [0.5, 0.6) is 0 Å².